The highest BCUT2D eigenvalue weighted by Gasteiger charge is 2.40. The highest BCUT2D eigenvalue weighted by atomic mass is 19.4. The Labute approximate surface area is 189 Å². The number of nitrogens with zero attached hydrogens (tertiary/aromatic N) is 1. The molecule has 0 bridgehead atoms. The Kier molecular flexibility index (Phi) is 5.84. The molecule has 1 aromatic heterocycles. The van der Waals surface area contributed by atoms with Crippen LogP contribution in [0.2, 0.25) is 0 Å². The van der Waals surface area contributed by atoms with Gasteiger partial charge in [-0.15, -0.1) is 0 Å². The number of nitrogens with one attached hydrogen (secondary N) is 1. The molecule has 2 nitrogen and oxygen atoms in total. The van der Waals surface area contributed by atoms with Crippen LogP contribution in [-0.4, -0.2) is 35.7 Å². The van der Waals surface area contributed by atoms with Crippen molar-refractivity contribution in [2.45, 2.75) is 83.7 Å². The molecule has 32 heavy (non-hydrogen) atoms. The standard InChI is InChI=1S/C27H37F3N2/c1-18-22-17-32(13-11-26(2)9-4-3-5-10-26)12-8-20(22)15-24-25(18)21-14-19(16-27(28,29)30)6-7-23(21)31-24/h6-7,14,18,20,22,31H,3-5,8-13,15-17H2,1-2H3/t18-,20?,22-/m1/s1. The second-order valence-corrected chi connectivity index (χ2v) is 11.3. The Morgan fingerprint density at radius 2 is 1.94 bits per heavy atom. The van der Waals surface area contributed by atoms with Crippen LogP contribution in [-0.2, 0) is 12.8 Å². The fraction of sp³-hybridized carbons (Fsp3) is 0.704. The van der Waals surface area contributed by atoms with E-state index in [9.17, 15) is 13.2 Å². The molecule has 2 aromatic rings. The zero-order valence-electron chi connectivity index (χ0n) is 19.5. The molecule has 1 aliphatic heterocycles. The lowest BCUT2D eigenvalue weighted by molar-refractivity contribution is -0.127. The first-order chi connectivity index (χ1) is 15.2. The quantitative estimate of drug-likeness (QED) is 0.525. The summed E-state index contributed by atoms with van der Waals surface area (Å²) >= 11 is 0. The van der Waals surface area contributed by atoms with Gasteiger partial charge in [0.2, 0.25) is 0 Å². The molecular weight excluding hydrogens is 409 g/mol. The Bertz CT molecular complexity index is 954. The second kappa shape index (κ2) is 8.38. The Hall–Kier alpha value is -1.49. The molecule has 1 saturated carbocycles. The Morgan fingerprint density at radius 3 is 2.69 bits per heavy atom. The molecule has 1 saturated heterocycles. The van der Waals surface area contributed by atoms with Gasteiger partial charge < -0.3 is 9.88 Å². The Balaban J connectivity index is 1.33. The largest absolute Gasteiger partial charge is 0.393 e. The molecule has 1 N–H and O–H groups in total. The first-order valence-electron chi connectivity index (χ1n) is 12.6. The number of halogens is 3. The van der Waals surface area contributed by atoms with Crippen LogP contribution in [0.4, 0.5) is 13.2 Å². The second-order valence-electron chi connectivity index (χ2n) is 11.3. The summed E-state index contributed by atoms with van der Waals surface area (Å²) in [6.07, 6.45) is 5.49. The number of piperidine rings is 1. The van der Waals surface area contributed by atoms with Gasteiger partial charge in [0.15, 0.2) is 0 Å². The van der Waals surface area contributed by atoms with Gasteiger partial charge >= 0.3 is 6.18 Å². The molecule has 1 unspecified atom stereocenters. The number of rotatable bonds is 4. The number of alkyl halides is 3. The summed E-state index contributed by atoms with van der Waals surface area (Å²) in [4.78, 5) is 6.25. The van der Waals surface area contributed by atoms with E-state index in [-0.39, 0.29) is 0 Å². The topological polar surface area (TPSA) is 19.0 Å². The van der Waals surface area contributed by atoms with Gasteiger partial charge in [0.05, 0.1) is 6.42 Å². The normalized spacial score (nSPS) is 28.5. The van der Waals surface area contributed by atoms with Crippen LogP contribution in [0.25, 0.3) is 10.9 Å². The van der Waals surface area contributed by atoms with Crippen molar-refractivity contribution in [3.63, 3.8) is 0 Å². The van der Waals surface area contributed by atoms with Gasteiger partial charge in [0.25, 0.3) is 0 Å². The van der Waals surface area contributed by atoms with Crippen molar-refractivity contribution in [3.05, 3.63) is 35.0 Å². The fourth-order valence-corrected chi connectivity index (χ4v) is 7.02. The van der Waals surface area contributed by atoms with E-state index in [4.69, 9.17) is 0 Å². The van der Waals surface area contributed by atoms with Crippen LogP contribution in [0.5, 0.6) is 0 Å². The van der Waals surface area contributed by atoms with Gasteiger partial charge in [-0.25, -0.2) is 0 Å². The molecule has 0 radical (unpaired) electrons. The highest BCUT2D eigenvalue weighted by molar-refractivity contribution is 5.86. The summed E-state index contributed by atoms with van der Waals surface area (Å²) in [5, 5.41) is 1.01. The molecule has 3 atom stereocenters. The maximum atomic E-state index is 13.0. The number of likely N-dealkylation sites (tertiary alicyclic amines) is 1. The monoisotopic (exact) mass is 446 g/mol. The van der Waals surface area contributed by atoms with Crippen LogP contribution in [0.3, 0.4) is 0 Å². The summed E-state index contributed by atoms with van der Waals surface area (Å²) in [6, 6.07) is 5.27. The molecule has 0 spiro atoms. The van der Waals surface area contributed by atoms with Crippen LogP contribution >= 0.6 is 0 Å². The number of hydrogen-bond acceptors (Lipinski definition) is 1. The number of H-pyrrole nitrogens is 1. The van der Waals surface area contributed by atoms with Gasteiger partial charge in [0.1, 0.15) is 0 Å². The molecule has 176 valence electrons. The van der Waals surface area contributed by atoms with Gasteiger partial charge in [0, 0.05) is 23.1 Å². The van der Waals surface area contributed by atoms with E-state index in [2.05, 4.69) is 23.7 Å². The average Bonchev–Trinajstić information content (AvgIpc) is 3.10. The molecule has 3 aliphatic rings. The maximum absolute atomic E-state index is 13.0. The van der Waals surface area contributed by atoms with Crippen LogP contribution in [0.1, 0.15) is 81.5 Å². The lowest BCUT2D eigenvalue weighted by atomic mass is 9.68. The molecule has 2 heterocycles. The number of fused-ring (bicyclic) bond motifs is 4. The minimum absolute atomic E-state index is 0.368. The smallest absolute Gasteiger partial charge is 0.358 e. The van der Waals surface area contributed by atoms with E-state index in [0.717, 1.165) is 23.9 Å². The number of benzene rings is 1. The third-order valence-electron chi connectivity index (χ3n) is 8.94. The van der Waals surface area contributed by atoms with E-state index in [1.54, 1.807) is 12.1 Å². The van der Waals surface area contributed by atoms with Crippen molar-refractivity contribution in [2.75, 3.05) is 19.6 Å². The molecule has 2 aliphatic carbocycles. The zero-order chi connectivity index (χ0) is 22.5. The van der Waals surface area contributed by atoms with Gasteiger partial charge in [-0.2, -0.15) is 13.2 Å². The lowest BCUT2D eigenvalue weighted by Crippen LogP contribution is -2.46. The highest BCUT2D eigenvalue weighted by Crippen LogP contribution is 2.47. The predicted molar refractivity (Wildman–Crippen MR) is 124 cm³/mol. The van der Waals surface area contributed by atoms with E-state index >= 15 is 0 Å². The summed E-state index contributed by atoms with van der Waals surface area (Å²) in [5.74, 6) is 1.66. The predicted octanol–water partition coefficient (Wildman–Crippen LogP) is 7.23. The first kappa shape index (κ1) is 22.3. The SMILES string of the molecule is C[C@H]1c2c([nH]c3ccc(CC(F)(F)F)cc23)CC2CCN(CCC3(C)CCCCC3)C[C@@H]21. The van der Waals surface area contributed by atoms with Crippen LogP contribution in [0.15, 0.2) is 18.2 Å². The minimum Gasteiger partial charge on any atom is -0.358 e. The molecule has 0 amide bonds. The maximum Gasteiger partial charge on any atom is 0.393 e. The van der Waals surface area contributed by atoms with E-state index in [1.165, 1.54) is 69.3 Å². The fourth-order valence-electron chi connectivity index (χ4n) is 7.02. The molecule has 5 heteroatoms. The summed E-state index contributed by atoms with van der Waals surface area (Å²) in [5.41, 5.74) is 4.43. The summed E-state index contributed by atoms with van der Waals surface area (Å²) in [6.45, 7) is 8.32. The Morgan fingerprint density at radius 1 is 1.16 bits per heavy atom. The zero-order valence-corrected chi connectivity index (χ0v) is 19.5. The molecule has 1 aromatic carbocycles. The first-order valence-corrected chi connectivity index (χ1v) is 12.6. The van der Waals surface area contributed by atoms with Crippen molar-refractivity contribution in [3.8, 4) is 0 Å². The van der Waals surface area contributed by atoms with E-state index in [1.807, 2.05) is 6.07 Å². The minimum atomic E-state index is -4.17. The van der Waals surface area contributed by atoms with E-state index < -0.39 is 12.6 Å². The number of aromatic amines is 1. The van der Waals surface area contributed by atoms with Crippen molar-refractivity contribution >= 4 is 10.9 Å². The van der Waals surface area contributed by atoms with Gasteiger partial charge in [-0.1, -0.05) is 39.2 Å². The van der Waals surface area contributed by atoms with Crippen molar-refractivity contribution in [1.82, 2.24) is 9.88 Å². The van der Waals surface area contributed by atoms with Gasteiger partial charge in [-0.05, 0) is 91.6 Å². The molecular formula is C27H37F3N2. The molecule has 5 rings (SSSR count). The summed E-state index contributed by atoms with van der Waals surface area (Å²) < 4.78 is 38.9. The van der Waals surface area contributed by atoms with Gasteiger partial charge in [-0.3, -0.25) is 0 Å². The third kappa shape index (κ3) is 4.47. The van der Waals surface area contributed by atoms with Crippen molar-refractivity contribution in [1.29, 1.82) is 0 Å². The van der Waals surface area contributed by atoms with E-state index in [0.29, 0.717) is 28.7 Å². The van der Waals surface area contributed by atoms with Crippen molar-refractivity contribution in [2.24, 2.45) is 17.3 Å². The third-order valence-corrected chi connectivity index (χ3v) is 8.94. The average molecular weight is 447 g/mol. The number of hydrogen-bond donors (Lipinski definition) is 1. The number of aromatic nitrogens is 1. The lowest BCUT2D eigenvalue weighted by Gasteiger charge is -2.45. The molecule has 2 fully saturated rings. The van der Waals surface area contributed by atoms with Crippen molar-refractivity contribution < 1.29 is 13.2 Å². The van der Waals surface area contributed by atoms with Crippen LogP contribution < -0.4 is 0 Å². The van der Waals surface area contributed by atoms with Crippen LogP contribution in [0, 0.1) is 17.3 Å². The summed E-state index contributed by atoms with van der Waals surface area (Å²) in [7, 11) is 0.